The van der Waals surface area contributed by atoms with Gasteiger partial charge in [0.05, 0.1) is 7.11 Å². The fourth-order valence-corrected chi connectivity index (χ4v) is 0.862. The van der Waals surface area contributed by atoms with Crippen LogP contribution < -0.4 is 4.74 Å². The number of nitrogens with zero attached hydrogens (tertiary/aromatic N) is 1. The largest absolute Gasteiger partial charge is 0.504 e. The normalized spacial score (nSPS) is 9.31. The summed E-state index contributed by atoms with van der Waals surface area (Å²) < 4.78 is 17.6. The molecule has 0 aliphatic heterocycles. The van der Waals surface area contributed by atoms with Crippen molar-refractivity contribution in [2.75, 3.05) is 7.11 Å². The first-order chi connectivity index (χ1) is 6.11. The molecule has 0 saturated carbocycles. The third kappa shape index (κ3) is 1.34. The van der Waals surface area contributed by atoms with Crippen LogP contribution in [-0.4, -0.2) is 17.3 Å². The third-order valence-corrected chi connectivity index (χ3v) is 1.51. The van der Waals surface area contributed by atoms with Crippen molar-refractivity contribution in [1.82, 2.24) is 0 Å². The molecule has 0 spiro atoms. The van der Waals surface area contributed by atoms with Gasteiger partial charge in [0.2, 0.25) is 0 Å². The minimum Gasteiger partial charge on any atom is -0.504 e. The Kier molecular flexibility index (Phi) is 2.24. The van der Waals surface area contributed by atoms with Crippen molar-refractivity contribution in [3.63, 3.8) is 0 Å². The summed E-state index contributed by atoms with van der Waals surface area (Å²) in [5, 5.41) is 26.5. The Labute approximate surface area is 73.4 Å². The Hall–Kier alpha value is -1.96. The molecule has 2 N–H and O–H groups in total. The maximum absolute atomic E-state index is 13.1. The van der Waals surface area contributed by atoms with Gasteiger partial charge in [-0.25, -0.2) is 4.39 Å². The van der Waals surface area contributed by atoms with Crippen LogP contribution in [0.3, 0.4) is 0 Å². The Balaban J connectivity index is 3.50. The predicted octanol–water partition coefficient (Wildman–Crippen LogP) is 1.12. The molecule has 0 atom stereocenters. The minimum atomic E-state index is -0.986. The molecule has 0 aliphatic rings. The van der Waals surface area contributed by atoms with Gasteiger partial charge in [-0.05, 0) is 0 Å². The van der Waals surface area contributed by atoms with Crippen LogP contribution in [0.5, 0.6) is 17.2 Å². The summed E-state index contributed by atoms with van der Waals surface area (Å²) in [4.78, 5) is 0. The maximum atomic E-state index is 13.1. The smallest absolute Gasteiger partial charge is 0.186 e. The van der Waals surface area contributed by atoms with Crippen molar-refractivity contribution in [3.8, 4) is 23.3 Å². The predicted molar refractivity (Wildman–Crippen MR) is 41.0 cm³/mol. The van der Waals surface area contributed by atoms with Crippen LogP contribution in [0.25, 0.3) is 0 Å². The summed E-state index contributed by atoms with van der Waals surface area (Å²) in [6.07, 6.45) is 0. The highest BCUT2D eigenvalue weighted by Gasteiger charge is 2.17. The number of hydrogen-bond acceptors (Lipinski definition) is 4. The van der Waals surface area contributed by atoms with Crippen LogP contribution in [0.4, 0.5) is 4.39 Å². The van der Waals surface area contributed by atoms with Gasteiger partial charge in [0.15, 0.2) is 23.1 Å². The molecule has 0 aromatic heterocycles. The number of aromatic hydroxyl groups is 2. The summed E-state index contributed by atoms with van der Waals surface area (Å²) in [5.41, 5.74) is -0.628. The zero-order valence-electron chi connectivity index (χ0n) is 6.71. The first kappa shape index (κ1) is 9.13. The molecule has 0 saturated heterocycles. The lowest BCUT2D eigenvalue weighted by molar-refractivity contribution is 0.363. The summed E-state index contributed by atoms with van der Waals surface area (Å²) in [6.45, 7) is 0. The Morgan fingerprint density at radius 3 is 2.62 bits per heavy atom. The quantitative estimate of drug-likeness (QED) is 0.640. The molecule has 0 bridgehead atoms. The number of hydrogen-bond donors (Lipinski definition) is 2. The second kappa shape index (κ2) is 3.19. The van der Waals surface area contributed by atoms with Crippen molar-refractivity contribution in [1.29, 1.82) is 5.26 Å². The van der Waals surface area contributed by atoms with Gasteiger partial charge in [-0.1, -0.05) is 0 Å². The van der Waals surface area contributed by atoms with Gasteiger partial charge in [-0.2, -0.15) is 5.26 Å². The van der Waals surface area contributed by atoms with Crippen LogP contribution in [0.15, 0.2) is 6.07 Å². The SMILES string of the molecule is COc1cc(O)c(O)c(C#N)c1F. The Bertz CT molecular complexity index is 384. The number of nitriles is 1. The highest BCUT2D eigenvalue weighted by molar-refractivity contribution is 5.56. The maximum Gasteiger partial charge on any atom is 0.186 e. The van der Waals surface area contributed by atoms with Gasteiger partial charge >= 0.3 is 0 Å². The van der Waals surface area contributed by atoms with Gasteiger partial charge in [0.1, 0.15) is 11.6 Å². The monoisotopic (exact) mass is 183 g/mol. The molecule has 0 fully saturated rings. The van der Waals surface area contributed by atoms with Gasteiger partial charge in [-0.3, -0.25) is 0 Å². The van der Waals surface area contributed by atoms with E-state index in [1.165, 1.54) is 13.2 Å². The minimum absolute atomic E-state index is 0.285. The van der Waals surface area contributed by atoms with E-state index in [0.29, 0.717) is 0 Å². The second-order valence-electron chi connectivity index (χ2n) is 2.25. The highest BCUT2D eigenvalue weighted by Crippen LogP contribution is 2.35. The first-order valence-electron chi connectivity index (χ1n) is 3.30. The fraction of sp³-hybridized carbons (Fsp3) is 0.125. The van der Waals surface area contributed by atoms with E-state index in [0.717, 1.165) is 6.07 Å². The lowest BCUT2D eigenvalue weighted by atomic mass is 10.2. The summed E-state index contributed by atoms with van der Waals surface area (Å²) in [7, 11) is 1.19. The van der Waals surface area contributed by atoms with E-state index in [9.17, 15) is 4.39 Å². The second-order valence-corrected chi connectivity index (χ2v) is 2.25. The van der Waals surface area contributed by atoms with Crippen LogP contribution in [-0.2, 0) is 0 Å². The standard InChI is InChI=1S/C8H6FNO3/c1-13-6-2-5(11)8(12)4(3-10)7(6)9/h2,11-12H,1H3. The van der Waals surface area contributed by atoms with Crippen LogP contribution in [0.1, 0.15) is 5.56 Å². The molecule has 0 aliphatic carbocycles. The molecular formula is C8H6FNO3. The average molecular weight is 183 g/mol. The highest BCUT2D eigenvalue weighted by atomic mass is 19.1. The third-order valence-electron chi connectivity index (χ3n) is 1.51. The molecule has 13 heavy (non-hydrogen) atoms. The van der Waals surface area contributed by atoms with Crippen LogP contribution in [0.2, 0.25) is 0 Å². The van der Waals surface area contributed by atoms with Crippen LogP contribution in [0, 0.1) is 17.1 Å². The zero-order valence-corrected chi connectivity index (χ0v) is 6.71. The molecule has 0 radical (unpaired) electrons. The van der Waals surface area contributed by atoms with Gasteiger partial charge in [-0.15, -0.1) is 0 Å². The number of phenols is 2. The lowest BCUT2D eigenvalue weighted by Crippen LogP contribution is -1.92. The van der Waals surface area contributed by atoms with Crippen LogP contribution >= 0.6 is 0 Å². The number of phenolic OH excluding ortho intramolecular Hbond substituents is 2. The van der Waals surface area contributed by atoms with Crippen molar-refractivity contribution >= 4 is 0 Å². The van der Waals surface area contributed by atoms with Crippen molar-refractivity contribution < 1.29 is 19.3 Å². The van der Waals surface area contributed by atoms with E-state index in [4.69, 9.17) is 15.5 Å². The lowest BCUT2D eigenvalue weighted by Gasteiger charge is -2.05. The molecule has 1 aromatic rings. The van der Waals surface area contributed by atoms with Gasteiger partial charge in [0.25, 0.3) is 0 Å². The van der Waals surface area contributed by atoms with Crippen molar-refractivity contribution in [2.45, 2.75) is 0 Å². The number of benzene rings is 1. The molecule has 0 amide bonds. The number of methoxy groups -OCH3 is 1. The molecule has 68 valence electrons. The zero-order chi connectivity index (χ0) is 10.0. The Morgan fingerprint density at radius 1 is 1.54 bits per heavy atom. The van der Waals surface area contributed by atoms with E-state index in [1.807, 2.05) is 0 Å². The molecule has 0 heterocycles. The average Bonchev–Trinajstić information content (AvgIpc) is 2.12. The summed E-state index contributed by atoms with van der Waals surface area (Å²) in [5.74, 6) is -2.64. The molecule has 5 heteroatoms. The van der Waals surface area contributed by atoms with Gasteiger partial charge < -0.3 is 14.9 Å². The first-order valence-corrected chi connectivity index (χ1v) is 3.30. The molecular weight excluding hydrogens is 177 g/mol. The van der Waals surface area contributed by atoms with E-state index in [1.54, 1.807) is 0 Å². The number of ether oxygens (including phenoxy) is 1. The topological polar surface area (TPSA) is 73.5 Å². The Morgan fingerprint density at radius 2 is 2.15 bits per heavy atom. The van der Waals surface area contributed by atoms with E-state index < -0.39 is 22.9 Å². The summed E-state index contributed by atoms with van der Waals surface area (Å²) in [6, 6.07) is 2.31. The van der Waals surface area contributed by atoms with E-state index >= 15 is 0 Å². The van der Waals surface area contributed by atoms with E-state index in [-0.39, 0.29) is 5.75 Å². The van der Waals surface area contributed by atoms with Gasteiger partial charge in [0, 0.05) is 6.07 Å². The molecule has 1 aromatic carbocycles. The fourth-order valence-electron chi connectivity index (χ4n) is 0.862. The number of rotatable bonds is 1. The number of halogens is 1. The van der Waals surface area contributed by atoms with Crippen molar-refractivity contribution in [2.24, 2.45) is 0 Å². The molecule has 0 unspecified atom stereocenters. The van der Waals surface area contributed by atoms with E-state index in [2.05, 4.69) is 4.74 Å². The summed E-state index contributed by atoms with van der Waals surface area (Å²) >= 11 is 0. The molecule has 4 nitrogen and oxygen atoms in total. The van der Waals surface area contributed by atoms with Crippen molar-refractivity contribution in [3.05, 3.63) is 17.4 Å². The molecule has 1 rings (SSSR count).